The number of amides is 1. The molecule has 1 aromatic heterocycles. The van der Waals surface area contributed by atoms with Crippen molar-refractivity contribution in [2.45, 2.75) is 30.9 Å². The third-order valence-electron chi connectivity index (χ3n) is 4.54. The van der Waals surface area contributed by atoms with Crippen LogP contribution in [0.3, 0.4) is 0 Å². The van der Waals surface area contributed by atoms with Gasteiger partial charge in [-0.2, -0.15) is 0 Å². The zero-order chi connectivity index (χ0) is 21.5. The predicted molar refractivity (Wildman–Crippen MR) is 116 cm³/mol. The molecule has 0 aliphatic carbocycles. The molecule has 0 bridgehead atoms. The average Bonchev–Trinajstić information content (AvgIpc) is 3.25. The summed E-state index contributed by atoms with van der Waals surface area (Å²) in [6.07, 6.45) is 0. The van der Waals surface area contributed by atoms with E-state index in [0.29, 0.717) is 41.3 Å². The van der Waals surface area contributed by atoms with Gasteiger partial charge < -0.3 is 18.8 Å². The number of nitrogens with zero attached hydrogens (tertiary/aromatic N) is 3. The standard InChI is InChI=1S/C22H25N3O4S/c1-5-25(14-16-9-7-6-8-10-16)21(26)15(2)30-22-24-23-20(29-22)17-11-18(27-3)13-19(12-17)28-4/h6-13,15H,5,14H2,1-4H3. The van der Waals surface area contributed by atoms with Gasteiger partial charge in [0.25, 0.3) is 5.22 Å². The fraction of sp³-hybridized carbons (Fsp3) is 0.318. The van der Waals surface area contributed by atoms with E-state index < -0.39 is 0 Å². The van der Waals surface area contributed by atoms with Crippen LogP contribution in [-0.2, 0) is 11.3 Å². The van der Waals surface area contributed by atoms with Gasteiger partial charge in [-0.1, -0.05) is 42.1 Å². The van der Waals surface area contributed by atoms with E-state index in [2.05, 4.69) is 10.2 Å². The van der Waals surface area contributed by atoms with Gasteiger partial charge in [-0.15, -0.1) is 10.2 Å². The van der Waals surface area contributed by atoms with Crippen LogP contribution in [-0.4, -0.2) is 47.0 Å². The monoisotopic (exact) mass is 427 g/mol. The molecule has 1 atom stereocenters. The SMILES string of the molecule is CCN(Cc1ccccc1)C(=O)C(C)Sc1nnc(-c2cc(OC)cc(OC)c2)o1. The Morgan fingerprint density at radius 1 is 1.10 bits per heavy atom. The van der Waals surface area contributed by atoms with Gasteiger partial charge in [0, 0.05) is 24.7 Å². The number of methoxy groups -OCH3 is 2. The molecule has 0 fully saturated rings. The minimum atomic E-state index is -0.359. The summed E-state index contributed by atoms with van der Waals surface area (Å²) in [6, 6.07) is 15.3. The lowest BCUT2D eigenvalue weighted by molar-refractivity contribution is -0.130. The summed E-state index contributed by atoms with van der Waals surface area (Å²) in [5.41, 5.74) is 1.78. The topological polar surface area (TPSA) is 77.7 Å². The number of hydrogen-bond acceptors (Lipinski definition) is 7. The summed E-state index contributed by atoms with van der Waals surface area (Å²) in [7, 11) is 3.16. The molecule has 2 aromatic carbocycles. The maximum atomic E-state index is 12.9. The van der Waals surface area contributed by atoms with E-state index in [1.54, 1.807) is 32.4 Å². The highest BCUT2D eigenvalue weighted by molar-refractivity contribution is 8.00. The van der Waals surface area contributed by atoms with Crippen molar-refractivity contribution >= 4 is 17.7 Å². The maximum absolute atomic E-state index is 12.9. The highest BCUT2D eigenvalue weighted by Crippen LogP contribution is 2.31. The molecule has 0 saturated carbocycles. The highest BCUT2D eigenvalue weighted by Gasteiger charge is 2.23. The first-order valence-electron chi connectivity index (χ1n) is 9.60. The Morgan fingerprint density at radius 3 is 2.37 bits per heavy atom. The number of aromatic nitrogens is 2. The van der Waals surface area contributed by atoms with Crippen molar-refractivity contribution in [1.29, 1.82) is 0 Å². The molecule has 0 radical (unpaired) electrons. The summed E-state index contributed by atoms with van der Waals surface area (Å²) in [5.74, 6) is 1.61. The van der Waals surface area contributed by atoms with Crippen molar-refractivity contribution in [3.63, 3.8) is 0 Å². The van der Waals surface area contributed by atoms with E-state index in [1.807, 2.05) is 49.1 Å². The zero-order valence-corrected chi connectivity index (χ0v) is 18.3. The van der Waals surface area contributed by atoms with E-state index in [9.17, 15) is 4.79 Å². The number of thioether (sulfide) groups is 1. The molecule has 1 amide bonds. The van der Waals surface area contributed by atoms with Crippen LogP contribution >= 0.6 is 11.8 Å². The Labute approximate surface area is 180 Å². The molecule has 0 aliphatic heterocycles. The predicted octanol–water partition coefficient (Wildman–Crippen LogP) is 4.28. The molecule has 3 rings (SSSR count). The minimum absolute atomic E-state index is 0.0224. The molecule has 7 nitrogen and oxygen atoms in total. The van der Waals surface area contributed by atoms with Gasteiger partial charge in [-0.25, -0.2) is 0 Å². The molecule has 0 spiro atoms. The molecule has 0 aliphatic rings. The van der Waals surface area contributed by atoms with Crippen molar-refractivity contribution < 1.29 is 18.7 Å². The van der Waals surface area contributed by atoms with E-state index in [1.165, 1.54) is 11.8 Å². The fourth-order valence-corrected chi connectivity index (χ4v) is 3.68. The Bertz CT molecular complexity index is 955. The lowest BCUT2D eigenvalue weighted by atomic mass is 10.2. The molecule has 0 saturated heterocycles. The maximum Gasteiger partial charge on any atom is 0.277 e. The third kappa shape index (κ3) is 5.33. The molecule has 1 unspecified atom stereocenters. The minimum Gasteiger partial charge on any atom is -0.497 e. The van der Waals surface area contributed by atoms with Crippen LogP contribution in [0, 0.1) is 0 Å². The second-order valence-corrected chi connectivity index (χ2v) is 7.86. The van der Waals surface area contributed by atoms with Crippen LogP contribution in [0.25, 0.3) is 11.5 Å². The van der Waals surface area contributed by atoms with Crippen LogP contribution in [0.15, 0.2) is 58.2 Å². The van der Waals surface area contributed by atoms with Gasteiger partial charge in [0.05, 0.1) is 19.5 Å². The molecular formula is C22H25N3O4S. The molecular weight excluding hydrogens is 402 g/mol. The molecule has 8 heteroatoms. The second kappa shape index (κ2) is 10.2. The van der Waals surface area contributed by atoms with Gasteiger partial charge in [0.15, 0.2) is 0 Å². The van der Waals surface area contributed by atoms with Gasteiger partial charge in [-0.3, -0.25) is 4.79 Å². The Morgan fingerprint density at radius 2 is 1.77 bits per heavy atom. The quantitative estimate of drug-likeness (QED) is 0.472. The normalized spacial score (nSPS) is 11.7. The number of carbonyl (C=O) groups excluding carboxylic acids is 1. The zero-order valence-electron chi connectivity index (χ0n) is 17.5. The number of hydrogen-bond donors (Lipinski definition) is 0. The first kappa shape index (κ1) is 21.7. The summed E-state index contributed by atoms with van der Waals surface area (Å²) in [4.78, 5) is 14.7. The fourth-order valence-electron chi connectivity index (χ4n) is 2.91. The first-order chi connectivity index (χ1) is 14.5. The second-order valence-electron chi connectivity index (χ2n) is 6.57. The van der Waals surface area contributed by atoms with Gasteiger partial charge in [-0.05, 0) is 31.5 Å². The molecule has 30 heavy (non-hydrogen) atoms. The smallest absolute Gasteiger partial charge is 0.277 e. The average molecular weight is 428 g/mol. The van der Waals surface area contributed by atoms with E-state index in [4.69, 9.17) is 13.9 Å². The molecule has 0 N–H and O–H groups in total. The van der Waals surface area contributed by atoms with Crippen molar-refractivity contribution in [1.82, 2.24) is 15.1 Å². The van der Waals surface area contributed by atoms with Crippen LogP contribution in [0.2, 0.25) is 0 Å². The van der Waals surface area contributed by atoms with Crippen molar-refractivity contribution in [3.8, 4) is 23.0 Å². The summed E-state index contributed by atoms with van der Waals surface area (Å²) >= 11 is 1.25. The van der Waals surface area contributed by atoms with E-state index in [0.717, 1.165) is 5.56 Å². The number of carbonyl (C=O) groups is 1. The number of ether oxygens (including phenoxy) is 2. The molecule has 1 heterocycles. The Hall–Kier alpha value is -3.00. The van der Waals surface area contributed by atoms with Crippen LogP contribution in [0.1, 0.15) is 19.4 Å². The summed E-state index contributed by atoms with van der Waals surface area (Å²) in [5, 5.41) is 8.17. The van der Waals surface area contributed by atoms with Crippen molar-refractivity contribution in [3.05, 3.63) is 54.1 Å². The largest absolute Gasteiger partial charge is 0.497 e. The Kier molecular flexibility index (Phi) is 7.35. The van der Waals surface area contributed by atoms with Crippen molar-refractivity contribution in [2.24, 2.45) is 0 Å². The molecule has 158 valence electrons. The third-order valence-corrected chi connectivity index (χ3v) is 5.46. The van der Waals surface area contributed by atoms with E-state index in [-0.39, 0.29) is 11.2 Å². The van der Waals surface area contributed by atoms with Gasteiger partial charge in [0.1, 0.15) is 11.5 Å². The molecule has 3 aromatic rings. The number of rotatable bonds is 9. The Balaban J connectivity index is 1.69. The van der Waals surface area contributed by atoms with Crippen LogP contribution in [0.4, 0.5) is 0 Å². The van der Waals surface area contributed by atoms with Crippen LogP contribution in [0.5, 0.6) is 11.5 Å². The summed E-state index contributed by atoms with van der Waals surface area (Å²) < 4.78 is 16.3. The van der Waals surface area contributed by atoms with Crippen LogP contribution < -0.4 is 9.47 Å². The number of benzene rings is 2. The van der Waals surface area contributed by atoms with E-state index >= 15 is 0 Å². The summed E-state index contributed by atoms with van der Waals surface area (Å²) in [6.45, 7) is 5.01. The lowest BCUT2D eigenvalue weighted by Gasteiger charge is -2.23. The van der Waals surface area contributed by atoms with Crippen molar-refractivity contribution in [2.75, 3.05) is 20.8 Å². The highest BCUT2D eigenvalue weighted by atomic mass is 32.2. The lowest BCUT2D eigenvalue weighted by Crippen LogP contribution is -2.35. The van der Waals surface area contributed by atoms with Gasteiger partial charge >= 0.3 is 0 Å². The van der Waals surface area contributed by atoms with Gasteiger partial charge in [0.2, 0.25) is 11.8 Å². The first-order valence-corrected chi connectivity index (χ1v) is 10.5.